The Morgan fingerprint density at radius 2 is 1.87 bits per heavy atom. The summed E-state index contributed by atoms with van der Waals surface area (Å²) in [5.74, 6) is 1.13. The molecule has 1 aromatic carbocycles. The highest BCUT2D eigenvalue weighted by atomic mass is 16.5. The minimum absolute atomic E-state index is 0.151. The molecule has 2 aromatic rings. The number of aromatic nitrogens is 1. The maximum absolute atomic E-state index is 12.3. The highest BCUT2D eigenvalue weighted by Crippen LogP contribution is 2.21. The molecule has 23 heavy (non-hydrogen) atoms. The molecule has 0 radical (unpaired) electrons. The molecule has 5 heteroatoms. The van der Waals surface area contributed by atoms with E-state index in [-0.39, 0.29) is 11.4 Å². The lowest BCUT2D eigenvalue weighted by molar-refractivity contribution is 0.0942. The Labute approximate surface area is 136 Å². The van der Waals surface area contributed by atoms with E-state index in [1.807, 2.05) is 19.9 Å². The van der Waals surface area contributed by atoms with Crippen molar-refractivity contribution in [2.24, 2.45) is 5.73 Å². The Hall–Kier alpha value is -2.40. The summed E-state index contributed by atoms with van der Waals surface area (Å²) in [5.41, 5.74) is 6.40. The summed E-state index contributed by atoms with van der Waals surface area (Å²) in [6, 6.07) is 10.6. The number of amides is 1. The third-order valence-corrected chi connectivity index (χ3v) is 3.99. The molecule has 0 saturated carbocycles. The number of nitrogens with zero attached hydrogens (tertiary/aromatic N) is 1. The molecular weight excluding hydrogens is 290 g/mol. The minimum Gasteiger partial charge on any atom is -0.457 e. The molecule has 5 nitrogen and oxygen atoms in total. The number of pyridine rings is 1. The summed E-state index contributed by atoms with van der Waals surface area (Å²) in [4.78, 5) is 16.2. The van der Waals surface area contributed by atoms with Crippen molar-refractivity contribution in [1.82, 2.24) is 10.3 Å². The summed E-state index contributed by atoms with van der Waals surface area (Å²) in [5, 5.41) is 2.90. The topological polar surface area (TPSA) is 77.2 Å². The number of nitrogens with two attached hydrogens (primary N) is 1. The lowest BCUT2D eigenvalue weighted by Gasteiger charge is -2.26. The van der Waals surface area contributed by atoms with E-state index in [9.17, 15) is 4.79 Å². The maximum atomic E-state index is 12.3. The SMILES string of the molecule is CCC(N)(CC)CNC(=O)c1cccc(Oc2ccncc2)c1. The van der Waals surface area contributed by atoms with Crippen LogP contribution >= 0.6 is 0 Å². The fourth-order valence-electron chi connectivity index (χ4n) is 2.10. The average Bonchev–Trinajstić information content (AvgIpc) is 2.60. The van der Waals surface area contributed by atoms with E-state index in [2.05, 4.69) is 10.3 Å². The van der Waals surface area contributed by atoms with Crippen LogP contribution in [0.4, 0.5) is 0 Å². The lowest BCUT2D eigenvalue weighted by Crippen LogP contribution is -2.49. The summed E-state index contributed by atoms with van der Waals surface area (Å²) >= 11 is 0. The van der Waals surface area contributed by atoms with Crippen LogP contribution in [0.1, 0.15) is 37.0 Å². The van der Waals surface area contributed by atoms with Gasteiger partial charge in [-0.2, -0.15) is 0 Å². The Morgan fingerprint density at radius 3 is 2.52 bits per heavy atom. The third kappa shape index (κ3) is 4.79. The Bertz CT molecular complexity index is 640. The van der Waals surface area contributed by atoms with E-state index in [4.69, 9.17) is 10.5 Å². The molecule has 1 aromatic heterocycles. The Balaban J connectivity index is 2.03. The molecule has 0 spiro atoms. The number of ether oxygens (including phenoxy) is 1. The monoisotopic (exact) mass is 313 g/mol. The molecule has 0 aliphatic carbocycles. The van der Waals surface area contributed by atoms with E-state index in [0.717, 1.165) is 12.8 Å². The quantitative estimate of drug-likeness (QED) is 0.823. The van der Waals surface area contributed by atoms with Crippen LogP contribution in [0.25, 0.3) is 0 Å². The molecule has 0 fully saturated rings. The summed E-state index contributed by atoms with van der Waals surface area (Å²) in [6.07, 6.45) is 4.94. The summed E-state index contributed by atoms with van der Waals surface area (Å²) < 4.78 is 5.71. The second-order valence-electron chi connectivity index (χ2n) is 5.56. The molecule has 122 valence electrons. The van der Waals surface area contributed by atoms with Gasteiger partial charge in [0.05, 0.1) is 0 Å². The number of carbonyl (C=O) groups is 1. The summed E-state index contributed by atoms with van der Waals surface area (Å²) in [7, 11) is 0. The first-order valence-corrected chi connectivity index (χ1v) is 7.81. The van der Waals surface area contributed by atoms with Gasteiger partial charge in [-0.05, 0) is 43.2 Å². The van der Waals surface area contributed by atoms with Crippen molar-refractivity contribution >= 4 is 5.91 Å². The van der Waals surface area contributed by atoms with Gasteiger partial charge in [0.1, 0.15) is 11.5 Å². The highest BCUT2D eigenvalue weighted by molar-refractivity contribution is 5.94. The van der Waals surface area contributed by atoms with Gasteiger partial charge in [-0.25, -0.2) is 0 Å². The van der Waals surface area contributed by atoms with E-state index in [0.29, 0.717) is 23.6 Å². The zero-order chi connectivity index (χ0) is 16.7. The predicted molar refractivity (Wildman–Crippen MR) is 90.6 cm³/mol. The maximum Gasteiger partial charge on any atom is 0.251 e. The molecular formula is C18H23N3O2. The van der Waals surface area contributed by atoms with Crippen LogP contribution in [-0.2, 0) is 0 Å². The smallest absolute Gasteiger partial charge is 0.251 e. The summed E-state index contributed by atoms with van der Waals surface area (Å²) in [6.45, 7) is 4.51. The van der Waals surface area contributed by atoms with Crippen molar-refractivity contribution in [2.75, 3.05) is 6.54 Å². The molecule has 1 amide bonds. The van der Waals surface area contributed by atoms with Gasteiger partial charge < -0.3 is 15.8 Å². The van der Waals surface area contributed by atoms with Gasteiger partial charge in [-0.1, -0.05) is 19.9 Å². The number of carbonyl (C=O) groups excluding carboxylic acids is 1. The Morgan fingerprint density at radius 1 is 1.17 bits per heavy atom. The molecule has 2 rings (SSSR count). The zero-order valence-electron chi connectivity index (χ0n) is 13.6. The van der Waals surface area contributed by atoms with Crippen molar-refractivity contribution in [2.45, 2.75) is 32.2 Å². The van der Waals surface area contributed by atoms with Crippen molar-refractivity contribution in [3.63, 3.8) is 0 Å². The number of hydrogen-bond donors (Lipinski definition) is 2. The van der Waals surface area contributed by atoms with E-state index >= 15 is 0 Å². The van der Waals surface area contributed by atoms with E-state index < -0.39 is 0 Å². The molecule has 0 saturated heterocycles. The van der Waals surface area contributed by atoms with E-state index in [1.165, 1.54) is 0 Å². The first-order chi connectivity index (χ1) is 11.1. The standard InChI is InChI=1S/C18H23N3O2/c1-3-18(19,4-2)13-21-17(22)14-6-5-7-16(12-14)23-15-8-10-20-11-9-15/h5-12H,3-4,13,19H2,1-2H3,(H,21,22). The highest BCUT2D eigenvalue weighted by Gasteiger charge is 2.21. The van der Waals surface area contributed by atoms with Crippen LogP contribution in [0.3, 0.4) is 0 Å². The van der Waals surface area contributed by atoms with Crippen LogP contribution in [0.15, 0.2) is 48.8 Å². The van der Waals surface area contributed by atoms with E-state index in [1.54, 1.807) is 42.7 Å². The molecule has 0 atom stereocenters. The first kappa shape index (κ1) is 17.0. The zero-order valence-corrected chi connectivity index (χ0v) is 13.6. The van der Waals surface area contributed by atoms with Crippen molar-refractivity contribution in [3.8, 4) is 11.5 Å². The normalized spacial score (nSPS) is 11.1. The van der Waals surface area contributed by atoms with Crippen LogP contribution in [0, 0.1) is 0 Å². The van der Waals surface area contributed by atoms with Crippen LogP contribution in [-0.4, -0.2) is 23.0 Å². The largest absolute Gasteiger partial charge is 0.457 e. The number of nitrogens with one attached hydrogen (secondary N) is 1. The van der Waals surface area contributed by atoms with Crippen molar-refractivity contribution < 1.29 is 9.53 Å². The molecule has 1 heterocycles. The van der Waals surface area contributed by atoms with Gasteiger partial charge in [-0.15, -0.1) is 0 Å². The van der Waals surface area contributed by atoms with Crippen LogP contribution in [0.5, 0.6) is 11.5 Å². The van der Waals surface area contributed by atoms with Gasteiger partial charge in [0.2, 0.25) is 0 Å². The third-order valence-electron chi connectivity index (χ3n) is 3.99. The van der Waals surface area contributed by atoms with Gasteiger partial charge in [0.15, 0.2) is 0 Å². The Kier molecular flexibility index (Phi) is 5.71. The van der Waals surface area contributed by atoms with Crippen LogP contribution < -0.4 is 15.8 Å². The van der Waals surface area contributed by atoms with Gasteiger partial charge in [-0.3, -0.25) is 9.78 Å². The number of hydrogen-bond acceptors (Lipinski definition) is 4. The molecule has 0 unspecified atom stereocenters. The lowest BCUT2D eigenvalue weighted by atomic mass is 9.94. The molecule has 3 N–H and O–H groups in total. The average molecular weight is 313 g/mol. The first-order valence-electron chi connectivity index (χ1n) is 7.81. The minimum atomic E-state index is -0.360. The molecule has 0 bridgehead atoms. The number of benzene rings is 1. The predicted octanol–water partition coefficient (Wildman–Crippen LogP) is 3.12. The van der Waals surface area contributed by atoms with Crippen molar-refractivity contribution in [1.29, 1.82) is 0 Å². The van der Waals surface area contributed by atoms with Gasteiger partial charge in [0.25, 0.3) is 5.91 Å². The van der Waals surface area contributed by atoms with Gasteiger partial charge in [0, 0.05) is 30.0 Å². The second-order valence-corrected chi connectivity index (χ2v) is 5.56. The van der Waals surface area contributed by atoms with Crippen molar-refractivity contribution in [3.05, 3.63) is 54.4 Å². The molecule has 0 aliphatic heterocycles. The van der Waals surface area contributed by atoms with Crippen LogP contribution in [0.2, 0.25) is 0 Å². The van der Waals surface area contributed by atoms with Gasteiger partial charge >= 0.3 is 0 Å². The second kappa shape index (κ2) is 7.74. The molecule has 0 aliphatic rings. The number of rotatable bonds is 7. The fraction of sp³-hybridized carbons (Fsp3) is 0.333. The fourth-order valence-corrected chi connectivity index (χ4v) is 2.10.